The molecule has 0 spiro atoms. The summed E-state index contributed by atoms with van der Waals surface area (Å²) in [5.74, 6) is -2.62. The molecule has 0 radical (unpaired) electrons. The zero-order chi connectivity index (χ0) is 15.6. The van der Waals surface area contributed by atoms with Crippen molar-refractivity contribution < 1.29 is 24.2 Å². The molecule has 7 heteroatoms. The monoisotopic (exact) mass is 355 g/mol. The van der Waals surface area contributed by atoms with Gasteiger partial charge < -0.3 is 14.7 Å². The lowest BCUT2D eigenvalue weighted by atomic mass is 10.1. The van der Waals surface area contributed by atoms with E-state index in [4.69, 9.17) is 9.84 Å². The van der Waals surface area contributed by atoms with E-state index in [-0.39, 0.29) is 31.0 Å². The molecule has 0 aliphatic carbocycles. The smallest absolute Gasteiger partial charge is 0.340 e. The number of carbonyl (C=O) groups excluding carboxylic acids is 2. The highest BCUT2D eigenvalue weighted by Crippen LogP contribution is 2.30. The van der Waals surface area contributed by atoms with Gasteiger partial charge in [0.05, 0.1) is 23.8 Å². The van der Waals surface area contributed by atoms with Crippen LogP contribution >= 0.6 is 15.9 Å². The van der Waals surface area contributed by atoms with Gasteiger partial charge >= 0.3 is 11.9 Å². The number of carboxylic acid groups (broad SMARTS) is 1. The third-order valence-electron chi connectivity index (χ3n) is 3.22. The van der Waals surface area contributed by atoms with Gasteiger partial charge in [0, 0.05) is 17.4 Å². The fourth-order valence-electron chi connectivity index (χ4n) is 2.22. The number of carboxylic acids is 1. The van der Waals surface area contributed by atoms with Crippen molar-refractivity contribution in [2.45, 2.75) is 13.3 Å². The third-order valence-corrected chi connectivity index (χ3v) is 3.71. The van der Waals surface area contributed by atoms with Gasteiger partial charge in [-0.05, 0) is 25.1 Å². The summed E-state index contributed by atoms with van der Waals surface area (Å²) >= 11 is 3.27. The lowest BCUT2D eigenvalue weighted by molar-refractivity contribution is -0.141. The molecule has 0 aromatic heterocycles. The molecule has 1 aliphatic rings. The SMILES string of the molecule is CCOC(=O)c1cc(Br)ccc1N1CC(C(=O)O)CC1=O. The van der Waals surface area contributed by atoms with E-state index in [2.05, 4.69) is 15.9 Å². The van der Waals surface area contributed by atoms with Crippen LogP contribution in [0.2, 0.25) is 0 Å². The average Bonchev–Trinajstić information content (AvgIpc) is 2.81. The first-order valence-corrected chi connectivity index (χ1v) is 7.23. The zero-order valence-electron chi connectivity index (χ0n) is 11.3. The summed E-state index contributed by atoms with van der Waals surface area (Å²) in [5.41, 5.74) is 0.621. The van der Waals surface area contributed by atoms with Gasteiger partial charge in [0.1, 0.15) is 0 Å². The Morgan fingerprint density at radius 3 is 2.76 bits per heavy atom. The molecule has 2 rings (SSSR count). The van der Waals surface area contributed by atoms with Crippen LogP contribution in [0.3, 0.4) is 0 Å². The maximum Gasteiger partial charge on any atom is 0.340 e. The van der Waals surface area contributed by atoms with Crippen molar-refractivity contribution in [3.8, 4) is 0 Å². The number of halogens is 1. The van der Waals surface area contributed by atoms with Crippen LogP contribution in [0.5, 0.6) is 0 Å². The van der Waals surface area contributed by atoms with Gasteiger partial charge in [-0.2, -0.15) is 0 Å². The standard InChI is InChI=1S/C14H14BrNO5/c1-2-21-14(20)10-6-9(15)3-4-11(10)16-7-8(13(18)19)5-12(16)17/h3-4,6,8H,2,5,7H2,1H3,(H,18,19). The number of hydrogen-bond acceptors (Lipinski definition) is 4. The van der Waals surface area contributed by atoms with E-state index in [1.165, 1.54) is 4.90 Å². The molecule has 6 nitrogen and oxygen atoms in total. The second-order valence-corrected chi connectivity index (χ2v) is 5.54. The molecule has 1 saturated heterocycles. The lowest BCUT2D eigenvalue weighted by Crippen LogP contribution is -2.27. The molecule has 1 aliphatic heterocycles. The molecule has 1 unspecified atom stereocenters. The quantitative estimate of drug-likeness (QED) is 0.835. The van der Waals surface area contributed by atoms with Crippen LogP contribution < -0.4 is 4.90 Å². The number of esters is 1. The van der Waals surface area contributed by atoms with Gasteiger partial charge in [-0.3, -0.25) is 9.59 Å². The van der Waals surface area contributed by atoms with Crippen LogP contribution in [-0.2, 0) is 14.3 Å². The molecule has 112 valence electrons. The predicted molar refractivity (Wildman–Crippen MR) is 78.2 cm³/mol. The molecular formula is C14H14BrNO5. The molecule has 0 bridgehead atoms. The molecule has 1 aromatic rings. The summed E-state index contributed by atoms with van der Waals surface area (Å²) in [6.07, 6.45) is -0.0618. The molecule has 1 N–H and O–H groups in total. The second-order valence-electron chi connectivity index (χ2n) is 4.63. The van der Waals surface area contributed by atoms with Gasteiger partial charge in [0.15, 0.2) is 0 Å². The fourth-order valence-corrected chi connectivity index (χ4v) is 2.58. The Morgan fingerprint density at radius 2 is 2.19 bits per heavy atom. The summed E-state index contributed by atoms with van der Waals surface area (Å²) in [5, 5.41) is 9.02. The molecule has 1 heterocycles. The van der Waals surface area contributed by atoms with Gasteiger partial charge in [0.2, 0.25) is 5.91 Å². The average molecular weight is 356 g/mol. The number of nitrogens with zero attached hydrogens (tertiary/aromatic N) is 1. The first-order chi connectivity index (χ1) is 9.93. The largest absolute Gasteiger partial charge is 0.481 e. The van der Waals surface area contributed by atoms with E-state index in [1.807, 2.05) is 0 Å². The minimum absolute atomic E-state index is 0.0577. The van der Waals surface area contributed by atoms with Crippen LogP contribution in [0.25, 0.3) is 0 Å². The van der Waals surface area contributed by atoms with Crippen LogP contribution in [0, 0.1) is 5.92 Å². The van der Waals surface area contributed by atoms with E-state index < -0.39 is 17.9 Å². The first kappa shape index (κ1) is 15.5. The van der Waals surface area contributed by atoms with Crippen molar-refractivity contribution in [3.05, 3.63) is 28.2 Å². The summed E-state index contributed by atoms with van der Waals surface area (Å²) in [6, 6.07) is 4.87. The molecule has 0 saturated carbocycles. The number of hydrogen-bond donors (Lipinski definition) is 1. The predicted octanol–water partition coefficient (Wildman–Crippen LogP) is 2.06. The van der Waals surface area contributed by atoms with E-state index in [1.54, 1.807) is 25.1 Å². The Bertz CT molecular complexity index is 601. The van der Waals surface area contributed by atoms with Gasteiger partial charge in [-0.25, -0.2) is 4.79 Å². The molecule has 1 atom stereocenters. The summed E-state index contributed by atoms with van der Waals surface area (Å²) < 4.78 is 5.66. The highest BCUT2D eigenvalue weighted by atomic mass is 79.9. The van der Waals surface area contributed by atoms with E-state index in [0.717, 1.165) is 0 Å². The number of amides is 1. The Morgan fingerprint density at radius 1 is 1.48 bits per heavy atom. The molecule has 1 aromatic carbocycles. The molecule has 21 heavy (non-hydrogen) atoms. The number of rotatable bonds is 4. The van der Waals surface area contributed by atoms with Crippen molar-refractivity contribution in [1.82, 2.24) is 0 Å². The minimum Gasteiger partial charge on any atom is -0.481 e. The number of carbonyl (C=O) groups is 3. The maximum atomic E-state index is 12.0. The summed E-state index contributed by atoms with van der Waals surface area (Å²) in [6.45, 7) is 1.97. The zero-order valence-corrected chi connectivity index (χ0v) is 12.9. The van der Waals surface area contributed by atoms with E-state index >= 15 is 0 Å². The number of aliphatic carboxylic acids is 1. The highest BCUT2D eigenvalue weighted by molar-refractivity contribution is 9.10. The highest BCUT2D eigenvalue weighted by Gasteiger charge is 2.36. The Labute approximate surface area is 129 Å². The summed E-state index contributed by atoms with van der Waals surface area (Å²) in [4.78, 5) is 36.4. The van der Waals surface area contributed by atoms with E-state index in [9.17, 15) is 14.4 Å². The first-order valence-electron chi connectivity index (χ1n) is 6.44. The maximum absolute atomic E-state index is 12.0. The van der Waals surface area contributed by atoms with Gasteiger partial charge in [-0.15, -0.1) is 0 Å². The Balaban J connectivity index is 2.37. The number of anilines is 1. The number of ether oxygens (including phenoxy) is 1. The molecule has 1 fully saturated rings. The fraction of sp³-hybridized carbons (Fsp3) is 0.357. The van der Waals surface area contributed by atoms with Gasteiger partial charge in [-0.1, -0.05) is 15.9 Å². The van der Waals surface area contributed by atoms with Crippen molar-refractivity contribution in [2.75, 3.05) is 18.1 Å². The van der Waals surface area contributed by atoms with Crippen LogP contribution in [0.15, 0.2) is 22.7 Å². The van der Waals surface area contributed by atoms with Crippen molar-refractivity contribution in [2.24, 2.45) is 5.92 Å². The van der Waals surface area contributed by atoms with Crippen molar-refractivity contribution >= 4 is 39.5 Å². The molecule has 1 amide bonds. The van der Waals surface area contributed by atoms with Crippen LogP contribution in [0.4, 0.5) is 5.69 Å². The van der Waals surface area contributed by atoms with Crippen LogP contribution in [-0.4, -0.2) is 36.1 Å². The van der Waals surface area contributed by atoms with Gasteiger partial charge in [0.25, 0.3) is 0 Å². The summed E-state index contributed by atoms with van der Waals surface area (Å²) in [7, 11) is 0. The lowest BCUT2D eigenvalue weighted by Gasteiger charge is -2.19. The molecular weight excluding hydrogens is 342 g/mol. The van der Waals surface area contributed by atoms with Crippen molar-refractivity contribution in [3.63, 3.8) is 0 Å². The second kappa shape index (κ2) is 6.26. The Hall–Kier alpha value is -1.89. The minimum atomic E-state index is -1.01. The van der Waals surface area contributed by atoms with Crippen molar-refractivity contribution in [1.29, 1.82) is 0 Å². The number of benzene rings is 1. The van der Waals surface area contributed by atoms with E-state index in [0.29, 0.717) is 10.2 Å². The normalized spacial score (nSPS) is 17.9. The Kier molecular flexibility index (Phi) is 4.62. The topological polar surface area (TPSA) is 83.9 Å². The van der Waals surface area contributed by atoms with Crippen LogP contribution in [0.1, 0.15) is 23.7 Å². The third kappa shape index (κ3) is 3.24.